The molecule has 7 heteroatoms. The van der Waals surface area contributed by atoms with Crippen LogP contribution in [0.15, 0.2) is 18.2 Å². The number of carboxylic acid groups (broad SMARTS) is 1. The molecule has 0 aromatic heterocycles. The summed E-state index contributed by atoms with van der Waals surface area (Å²) >= 11 is 0. The Hall–Kier alpha value is -2.15. The lowest BCUT2D eigenvalue weighted by Crippen LogP contribution is -2.54. The number of nitro benzene ring substituents is 1. The molecule has 20 heavy (non-hydrogen) atoms. The lowest BCUT2D eigenvalue weighted by Gasteiger charge is -2.44. The normalized spacial score (nSPS) is 24.7. The predicted molar refractivity (Wildman–Crippen MR) is 69.9 cm³/mol. The standard InChI is InChI=1S/C13H14N2O5/c16-13(17)10-6-8-5-9(15(18)19)1-2-11(8)14-3-4-20-7-12(10)14/h1-2,5,10,12H,3-4,6-7H2,(H,16,17)/t10-,12+/m0/s1. The van der Waals surface area contributed by atoms with Crippen LogP contribution in [0.3, 0.4) is 0 Å². The molecule has 0 aliphatic carbocycles. The minimum absolute atomic E-state index is 0.000372. The van der Waals surface area contributed by atoms with Crippen molar-refractivity contribution in [3.63, 3.8) is 0 Å². The summed E-state index contributed by atoms with van der Waals surface area (Å²) in [7, 11) is 0. The summed E-state index contributed by atoms with van der Waals surface area (Å²) in [5.74, 6) is -1.48. The third kappa shape index (κ3) is 2.00. The van der Waals surface area contributed by atoms with Crippen molar-refractivity contribution in [1.29, 1.82) is 0 Å². The Labute approximate surface area is 114 Å². The number of benzene rings is 1. The molecule has 0 saturated carbocycles. The van der Waals surface area contributed by atoms with Crippen molar-refractivity contribution in [2.24, 2.45) is 5.92 Å². The van der Waals surface area contributed by atoms with Crippen molar-refractivity contribution in [3.8, 4) is 0 Å². The van der Waals surface area contributed by atoms with Crippen molar-refractivity contribution >= 4 is 17.3 Å². The van der Waals surface area contributed by atoms with Crippen LogP contribution in [-0.2, 0) is 16.0 Å². The minimum Gasteiger partial charge on any atom is -0.481 e. The fourth-order valence-corrected chi connectivity index (χ4v) is 3.01. The Morgan fingerprint density at radius 3 is 3.00 bits per heavy atom. The number of anilines is 1. The molecule has 7 nitrogen and oxygen atoms in total. The molecule has 0 radical (unpaired) electrons. The zero-order chi connectivity index (χ0) is 14.3. The van der Waals surface area contributed by atoms with E-state index in [2.05, 4.69) is 0 Å². The summed E-state index contributed by atoms with van der Waals surface area (Å²) in [5.41, 5.74) is 1.62. The number of morpholine rings is 1. The van der Waals surface area contributed by atoms with E-state index in [1.807, 2.05) is 4.90 Å². The predicted octanol–water partition coefficient (Wildman–Crippen LogP) is 1.06. The van der Waals surface area contributed by atoms with Crippen molar-refractivity contribution in [2.45, 2.75) is 12.5 Å². The van der Waals surface area contributed by atoms with Crippen LogP contribution in [0.4, 0.5) is 11.4 Å². The average Bonchev–Trinajstić information content (AvgIpc) is 2.45. The Bertz CT molecular complexity index is 574. The van der Waals surface area contributed by atoms with Crippen molar-refractivity contribution in [3.05, 3.63) is 33.9 Å². The molecule has 1 saturated heterocycles. The van der Waals surface area contributed by atoms with Crippen LogP contribution in [0.2, 0.25) is 0 Å². The van der Waals surface area contributed by atoms with Gasteiger partial charge in [-0.3, -0.25) is 14.9 Å². The van der Waals surface area contributed by atoms with E-state index in [4.69, 9.17) is 4.74 Å². The average molecular weight is 278 g/mol. The highest BCUT2D eigenvalue weighted by Gasteiger charge is 2.40. The monoisotopic (exact) mass is 278 g/mol. The highest BCUT2D eigenvalue weighted by molar-refractivity contribution is 5.75. The van der Waals surface area contributed by atoms with Crippen molar-refractivity contribution < 1.29 is 19.6 Å². The summed E-state index contributed by atoms with van der Waals surface area (Å²) in [6.45, 7) is 1.53. The minimum atomic E-state index is -0.886. The first-order valence-electron chi connectivity index (χ1n) is 6.42. The number of non-ortho nitro benzene ring substituents is 1. The van der Waals surface area contributed by atoms with Crippen LogP contribution in [0, 0.1) is 16.0 Å². The highest BCUT2D eigenvalue weighted by Crippen LogP contribution is 2.37. The van der Waals surface area contributed by atoms with Crippen LogP contribution < -0.4 is 4.90 Å². The van der Waals surface area contributed by atoms with E-state index in [9.17, 15) is 20.0 Å². The molecule has 0 spiro atoms. The zero-order valence-electron chi connectivity index (χ0n) is 10.7. The van der Waals surface area contributed by atoms with Gasteiger partial charge in [0.1, 0.15) is 0 Å². The Kier molecular flexibility index (Phi) is 3.06. The zero-order valence-corrected chi connectivity index (χ0v) is 10.7. The van der Waals surface area contributed by atoms with E-state index >= 15 is 0 Å². The molecule has 2 aliphatic heterocycles. The molecule has 0 amide bonds. The third-order valence-electron chi connectivity index (χ3n) is 3.97. The highest BCUT2D eigenvalue weighted by atomic mass is 16.6. The molecule has 0 bridgehead atoms. The van der Waals surface area contributed by atoms with Gasteiger partial charge >= 0.3 is 5.97 Å². The molecule has 0 unspecified atom stereocenters. The first-order chi connectivity index (χ1) is 9.58. The van der Waals surface area contributed by atoms with Gasteiger partial charge in [-0.1, -0.05) is 0 Å². The van der Waals surface area contributed by atoms with Crippen molar-refractivity contribution in [1.82, 2.24) is 0 Å². The van der Waals surface area contributed by atoms with E-state index in [0.29, 0.717) is 26.2 Å². The van der Waals surface area contributed by atoms with Gasteiger partial charge in [0, 0.05) is 24.4 Å². The number of carbonyl (C=O) groups is 1. The van der Waals surface area contributed by atoms with Crippen molar-refractivity contribution in [2.75, 3.05) is 24.7 Å². The maximum atomic E-state index is 11.4. The lowest BCUT2D eigenvalue weighted by molar-refractivity contribution is -0.384. The van der Waals surface area contributed by atoms with Crippen LogP contribution in [0.25, 0.3) is 0 Å². The van der Waals surface area contributed by atoms with Gasteiger partial charge in [0.05, 0.1) is 30.1 Å². The van der Waals surface area contributed by atoms with Gasteiger partial charge in [0.25, 0.3) is 5.69 Å². The molecule has 2 aliphatic rings. The molecular formula is C13H14N2O5. The smallest absolute Gasteiger partial charge is 0.309 e. The summed E-state index contributed by atoms with van der Waals surface area (Å²) < 4.78 is 5.38. The number of nitrogens with zero attached hydrogens (tertiary/aromatic N) is 2. The quantitative estimate of drug-likeness (QED) is 0.642. The number of carboxylic acids is 1. The summed E-state index contributed by atoms with van der Waals surface area (Å²) in [6, 6.07) is 4.46. The first-order valence-corrected chi connectivity index (χ1v) is 6.42. The maximum Gasteiger partial charge on any atom is 0.309 e. The number of hydrogen-bond acceptors (Lipinski definition) is 5. The maximum absolute atomic E-state index is 11.4. The number of aliphatic carboxylic acids is 1. The first kappa shape index (κ1) is 12.9. The van der Waals surface area contributed by atoms with E-state index in [0.717, 1.165) is 11.3 Å². The Morgan fingerprint density at radius 1 is 1.50 bits per heavy atom. The molecular weight excluding hydrogens is 264 g/mol. The fraction of sp³-hybridized carbons (Fsp3) is 0.462. The number of nitro groups is 1. The molecule has 1 N–H and O–H groups in total. The number of fused-ring (bicyclic) bond motifs is 3. The number of rotatable bonds is 2. The largest absolute Gasteiger partial charge is 0.481 e. The van der Waals surface area contributed by atoms with Crippen LogP contribution in [-0.4, -0.2) is 41.8 Å². The fourth-order valence-electron chi connectivity index (χ4n) is 3.01. The summed E-state index contributed by atoms with van der Waals surface area (Å²) in [6.07, 6.45) is 0.302. The molecule has 1 aromatic carbocycles. The van der Waals surface area contributed by atoms with E-state index in [1.165, 1.54) is 12.1 Å². The SMILES string of the molecule is O=C(O)[C@H]1Cc2cc([N+](=O)[O-])ccc2N2CCOC[C@H]12. The number of hydrogen-bond donors (Lipinski definition) is 1. The summed E-state index contributed by atoms with van der Waals surface area (Å²) in [5, 5.41) is 20.2. The van der Waals surface area contributed by atoms with Gasteiger partial charge in [-0.2, -0.15) is 0 Å². The molecule has 1 fully saturated rings. The Balaban J connectivity index is 2.04. The summed E-state index contributed by atoms with van der Waals surface area (Å²) in [4.78, 5) is 23.8. The van der Waals surface area contributed by atoms with Crippen LogP contribution in [0.5, 0.6) is 0 Å². The van der Waals surface area contributed by atoms with E-state index in [1.54, 1.807) is 6.07 Å². The number of ether oxygens (including phenoxy) is 1. The second-order valence-corrected chi connectivity index (χ2v) is 5.05. The van der Waals surface area contributed by atoms with E-state index in [-0.39, 0.29) is 11.7 Å². The second kappa shape index (κ2) is 4.75. The Morgan fingerprint density at radius 2 is 2.30 bits per heavy atom. The molecule has 2 heterocycles. The lowest BCUT2D eigenvalue weighted by atomic mass is 9.85. The van der Waals surface area contributed by atoms with Crippen LogP contribution in [0.1, 0.15) is 5.56 Å². The van der Waals surface area contributed by atoms with Gasteiger partial charge in [-0.15, -0.1) is 0 Å². The van der Waals surface area contributed by atoms with E-state index < -0.39 is 16.8 Å². The topological polar surface area (TPSA) is 92.9 Å². The van der Waals surface area contributed by atoms with Gasteiger partial charge in [-0.25, -0.2) is 0 Å². The second-order valence-electron chi connectivity index (χ2n) is 5.05. The molecule has 3 rings (SSSR count). The van der Waals surface area contributed by atoms with Gasteiger partial charge < -0.3 is 14.7 Å². The molecule has 2 atom stereocenters. The van der Waals surface area contributed by atoms with Gasteiger partial charge in [0.15, 0.2) is 0 Å². The molecule has 106 valence electrons. The van der Waals surface area contributed by atoms with Gasteiger partial charge in [0.2, 0.25) is 0 Å². The van der Waals surface area contributed by atoms with Gasteiger partial charge in [-0.05, 0) is 18.1 Å². The van der Waals surface area contributed by atoms with Crippen LogP contribution >= 0.6 is 0 Å². The third-order valence-corrected chi connectivity index (χ3v) is 3.97. The molecule has 1 aromatic rings.